The number of amides is 2. The number of nitrogens with zero attached hydrogens (tertiary/aromatic N) is 4. The van der Waals surface area contributed by atoms with Crippen molar-refractivity contribution in [3.63, 3.8) is 0 Å². The molecule has 2 heterocycles. The second-order valence-corrected chi connectivity index (χ2v) is 8.44. The van der Waals surface area contributed by atoms with Gasteiger partial charge in [0.05, 0.1) is 13.2 Å². The lowest BCUT2D eigenvalue weighted by Gasteiger charge is -2.41. The number of carbonyl (C=O) groups excluding carboxylic acids is 1. The molecular formula is C23H32N8O2. The van der Waals surface area contributed by atoms with Crippen molar-refractivity contribution in [3.8, 4) is 11.1 Å². The van der Waals surface area contributed by atoms with Gasteiger partial charge in [-0.3, -0.25) is 4.90 Å². The van der Waals surface area contributed by atoms with Gasteiger partial charge in [-0.15, -0.1) is 0 Å². The van der Waals surface area contributed by atoms with Gasteiger partial charge in [0.25, 0.3) is 0 Å². The first-order valence-electron chi connectivity index (χ1n) is 11.5. The first-order chi connectivity index (χ1) is 16.1. The maximum absolute atomic E-state index is 11.6. The number of benzene rings is 1. The summed E-state index contributed by atoms with van der Waals surface area (Å²) in [4.78, 5) is 26.8. The van der Waals surface area contributed by atoms with Crippen molar-refractivity contribution in [2.45, 2.75) is 44.3 Å². The molecule has 1 saturated carbocycles. The van der Waals surface area contributed by atoms with Crippen molar-refractivity contribution in [3.05, 3.63) is 42.2 Å². The van der Waals surface area contributed by atoms with E-state index in [0.29, 0.717) is 24.6 Å². The van der Waals surface area contributed by atoms with Gasteiger partial charge in [0.1, 0.15) is 0 Å². The number of hydrogen-bond donors (Lipinski definition) is 4. The summed E-state index contributed by atoms with van der Waals surface area (Å²) < 4.78 is 5.53. The summed E-state index contributed by atoms with van der Waals surface area (Å²) in [6.07, 6.45) is 8.48. The van der Waals surface area contributed by atoms with Crippen LogP contribution in [0.4, 0.5) is 10.7 Å². The number of guanidine groups is 1. The Hall–Kier alpha value is -3.24. The predicted octanol–water partition coefficient (Wildman–Crippen LogP) is 1.68. The number of urea groups is 1. The molecule has 33 heavy (non-hydrogen) atoms. The van der Waals surface area contributed by atoms with Gasteiger partial charge in [-0.05, 0) is 30.0 Å². The normalized spacial score (nSPS) is 21.2. The molecule has 0 radical (unpaired) electrons. The van der Waals surface area contributed by atoms with Crippen molar-refractivity contribution >= 4 is 17.9 Å². The van der Waals surface area contributed by atoms with Gasteiger partial charge in [0.2, 0.25) is 5.95 Å². The largest absolute Gasteiger partial charge is 0.379 e. The molecule has 1 aliphatic heterocycles. The SMILES string of the molecule is NC(N)=NC(=O)NCc1cccc(-c2cnc(N[C@@H]3CCCC[C@H]3N3CCOCC3)nc2)c1. The van der Waals surface area contributed by atoms with Crippen LogP contribution in [0, 0.1) is 0 Å². The number of hydrogen-bond acceptors (Lipinski definition) is 6. The number of ether oxygens (including phenoxy) is 1. The molecule has 2 fully saturated rings. The minimum absolute atomic E-state index is 0.267. The quantitative estimate of drug-likeness (QED) is 0.383. The van der Waals surface area contributed by atoms with Crippen LogP contribution in [0.2, 0.25) is 0 Å². The van der Waals surface area contributed by atoms with Crippen LogP contribution in [0.25, 0.3) is 11.1 Å². The topological polar surface area (TPSA) is 144 Å². The van der Waals surface area contributed by atoms with Gasteiger partial charge >= 0.3 is 6.03 Å². The summed E-state index contributed by atoms with van der Waals surface area (Å²) in [6, 6.07) is 8.09. The zero-order chi connectivity index (χ0) is 23.0. The average Bonchev–Trinajstić information content (AvgIpc) is 2.84. The van der Waals surface area contributed by atoms with Crippen LogP contribution in [-0.2, 0) is 11.3 Å². The maximum Gasteiger partial charge on any atom is 0.344 e. The Balaban J connectivity index is 1.38. The van der Waals surface area contributed by atoms with E-state index in [0.717, 1.165) is 49.4 Å². The second kappa shape index (κ2) is 11.1. The van der Waals surface area contributed by atoms with Crippen LogP contribution >= 0.6 is 0 Å². The molecule has 2 amide bonds. The van der Waals surface area contributed by atoms with Gasteiger partial charge in [-0.2, -0.15) is 4.99 Å². The van der Waals surface area contributed by atoms with Crippen LogP contribution in [0.5, 0.6) is 0 Å². The van der Waals surface area contributed by atoms with E-state index in [1.165, 1.54) is 19.3 Å². The molecule has 2 aromatic rings. The molecule has 6 N–H and O–H groups in total. The number of anilines is 1. The van der Waals surface area contributed by atoms with Crippen LogP contribution in [0.3, 0.4) is 0 Å². The lowest BCUT2D eigenvalue weighted by molar-refractivity contribution is 0.00554. The van der Waals surface area contributed by atoms with Crippen molar-refractivity contribution in [1.82, 2.24) is 20.2 Å². The van der Waals surface area contributed by atoms with Crippen LogP contribution < -0.4 is 22.1 Å². The van der Waals surface area contributed by atoms with E-state index < -0.39 is 6.03 Å². The number of nitrogens with one attached hydrogen (secondary N) is 2. The predicted molar refractivity (Wildman–Crippen MR) is 128 cm³/mol. The number of aromatic nitrogens is 2. The standard InChI is InChI=1S/C23H32N8O2/c24-21(25)30-23(32)28-13-16-4-3-5-17(12-16)18-14-26-22(27-15-18)29-19-6-1-2-7-20(19)31-8-10-33-11-9-31/h3-5,12,14-15,19-20H,1-2,6-11,13H2,(H,26,27,29)(H5,24,25,28,30,32)/t19-,20-/m1/s1. The molecule has 10 nitrogen and oxygen atoms in total. The molecule has 176 valence electrons. The zero-order valence-corrected chi connectivity index (χ0v) is 18.7. The lowest BCUT2D eigenvalue weighted by atomic mass is 9.89. The summed E-state index contributed by atoms with van der Waals surface area (Å²) in [5, 5.41) is 6.24. The fourth-order valence-electron chi connectivity index (χ4n) is 4.54. The van der Waals surface area contributed by atoms with Gasteiger partial charge < -0.3 is 26.8 Å². The highest BCUT2D eigenvalue weighted by molar-refractivity contribution is 5.90. The maximum atomic E-state index is 11.6. The molecule has 0 unspecified atom stereocenters. The summed E-state index contributed by atoms with van der Waals surface area (Å²) in [5.41, 5.74) is 13.2. The minimum atomic E-state index is -0.572. The number of carbonyl (C=O) groups is 1. The fourth-order valence-corrected chi connectivity index (χ4v) is 4.54. The van der Waals surface area contributed by atoms with Crippen molar-refractivity contribution in [2.24, 2.45) is 16.5 Å². The molecule has 0 spiro atoms. The van der Waals surface area contributed by atoms with E-state index in [1.54, 1.807) is 0 Å². The summed E-state index contributed by atoms with van der Waals surface area (Å²) in [6.45, 7) is 3.92. The second-order valence-electron chi connectivity index (χ2n) is 8.44. The zero-order valence-electron chi connectivity index (χ0n) is 18.7. The molecule has 1 aromatic heterocycles. The van der Waals surface area contributed by atoms with Gasteiger partial charge in [-0.25, -0.2) is 14.8 Å². The van der Waals surface area contributed by atoms with E-state index in [9.17, 15) is 4.79 Å². The Bertz CT molecular complexity index is 955. The van der Waals surface area contributed by atoms with Crippen LogP contribution in [0.15, 0.2) is 41.7 Å². The molecule has 2 aliphatic rings. The highest BCUT2D eigenvalue weighted by atomic mass is 16.5. The highest BCUT2D eigenvalue weighted by Gasteiger charge is 2.31. The summed E-state index contributed by atoms with van der Waals surface area (Å²) in [7, 11) is 0. The Morgan fingerprint density at radius 3 is 2.64 bits per heavy atom. The van der Waals surface area contributed by atoms with E-state index >= 15 is 0 Å². The van der Waals surface area contributed by atoms with Crippen molar-refractivity contribution in [2.75, 3.05) is 31.6 Å². The van der Waals surface area contributed by atoms with Gasteiger partial charge in [-0.1, -0.05) is 31.0 Å². The minimum Gasteiger partial charge on any atom is -0.379 e. The Morgan fingerprint density at radius 1 is 1.12 bits per heavy atom. The number of morpholine rings is 1. The smallest absolute Gasteiger partial charge is 0.344 e. The Morgan fingerprint density at radius 2 is 1.88 bits per heavy atom. The van der Waals surface area contributed by atoms with Crippen LogP contribution in [-0.4, -0.2) is 65.2 Å². The number of rotatable bonds is 6. The third kappa shape index (κ3) is 6.39. The third-order valence-electron chi connectivity index (χ3n) is 6.15. The molecule has 1 saturated heterocycles. The molecular weight excluding hydrogens is 420 g/mol. The fraction of sp³-hybridized carbons (Fsp3) is 0.478. The molecule has 2 atom stereocenters. The summed E-state index contributed by atoms with van der Waals surface area (Å²) in [5.74, 6) is 0.390. The lowest BCUT2D eigenvalue weighted by Crippen LogP contribution is -2.52. The Kier molecular flexibility index (Phi) is 7.69. The van der Waals surface area contributed by atoms with Crippen molar-refractivity contribution in [1.29, 1.82) is 0 Å². The Labute approximate surface area is 193 Å². The molecule has 0 bridgehead atoms. The first kappa shape index (κ1) is 22.9. The first-order valence-corrected chi connectivity index (χ1v) is 11.5. The molecule has 10 heteroatoms. The van der Waals surface area contributed by atoms with E-state index in [2.05, 4.69) is 30.5 Å². The van der Waals surface area contributed by atoms with Gasteiger partial charge in [0, 0.05) is 49.7 Å². The average molecular weight is 453 g/mol. The highest BCUT2D eigenvalue weighted by Crippen LogP contribution is 2.26. The monoisotopic (exact) mass is 452 g/mol. The third-order valence-corrected chi connectivity index (χ3v) is 6.15. The van der Waals surface area contributed by atoms with E-state index in [-0.39, 0.29) is 5.96 Å². The van der Waals surface area contributed by atoms with E-state index in [1.807, 2.05) is 36.7 Å². The van der Waals surface area contributed by atoms with Crippen molar-refractivity contribution < 1.29 is 9.53 Å². The van der Waals surface area contributed by atoms with E-state index in [4.69, 9.17) is 16.2 Å². The molecule has 1 aromatic carbocycles. The summed E-state index contributed by atoms with van der Waals surface area (Å²) >= 11 is 0. The number of aliphatic imine (C=N–C) groups is 1. The molecule has 1 aliphatic carbocycles. The number of nitrogens with two attached hydrogens (primary N) is 2. The van der Waals surface area contributed by atoms with Gasteiger partial charge in [0.15, 0.2) is 5.96 Å². The molecule has 4 rings (SSSR count). The van der Waals surface area contributed by atoms with Crippen LogP contribution in [0.1, 0.15) is 31.2 Å².